The van der Waals surface area contributed by atoms with Crippen molar-refractivity contribution in [2.75, 3.05) is 0 Å². The fraction of sp³-hybridized carbons (Fsp3) is 0.500. The Morgan fingerprint density at radius 2 is 2.16 bits per heavy atom. The molecule has 1 N–H and O–H groups in total. The Morgan fingerprint density at radius 1 is 1.37 bits per heavy atom. The molecule has 0 aliphatic carbocycles. The first kappa shape index (κ1) is 13.8. The van der Waals surface area contributed by atoms with Gasteiger partial charge in [0.1, 0.15) is 0 Å². The van der Waals surface area contributed by atoms with Crippen molar-refractivity contribution in [1.29, 1.82) is 0 Å². The van der Waals surface area contributed by atoms with E-state index < -0.39 is 10.0 Å². The highest BCUT2D eigenvalue weighted by atomic mass is 79.9. The van der Waals surface area contributed by atoms with Gasteiger partial charge in [-0.05, 0) is 53.4 Å². The summed E-state index contributed by atoms with van der Waals surface area (Å²) in [4.78, 5) is 0.214. The van der Waals surface area contributed by atoms with Gasteiger partial charge in [-0.1, -0.05) is 11.6 Å². The summed E-state index contributed by atoms with van der Waals surface area (Å²) in [5, 5.41) is 0.488. The van der Waals surface area contributed by atoms with Crippen molar-refractivity contribution in [2.45, 2.75) is 42.4 Å². The molecule has 3 rings (SSSR count). The normalized spacial score (nSPS) is 29.9. The molecular weight excluding hydrogens is 354 g/mol. The van der Waals surface area contributed by atoms with Gasteiger partial charge in [-0.2, -0.15) is 0 Å². The molecule has 104 valence electrons. The smallest absolute Gasteiger partial charge is 0.240 e. The minimum atomic E-state index is -3.52. The van der Waals surface area contributed by atoms with Crippen molar-refractivity contribution in [3.63, 3.8) is 0 Å². The van der Waals surface area contributed by atoms with E-state index >= 15 is 0 Å². The lowest BCUT2D eigenvalue weighted by molar-refractivity contribution is 0.0996. The van der Waals surface area contributed by atoms with Crippen LogP contribution in [0.25, 0.3) is 0 Å². The molecule has 0 radical (unpaired) electrons. The zero-order valence-corrected chi connectivity index (χ0v) is 13.1. The predicted molar refractivity (Wildman–Crippen MR) is 75.8 cm³/mol. The zero-order valence-electron chi connectivity index (χ0n) is 9.97. The lowest BCUT2D eigenvalue weighted by Gasteiger charge is -2.20. The second-order valence-corrected chi connectivity index (χ2v) is 7.89. The highest BCUT2D eigenvalue weighted by Gasteiger charge is 2.42. The van der Waals surface area contributed by atoms with Crippen molar-refractivity contribution in [1.82, 2.24) is 4.72 Å². The Balaban J connectivity index is 1.80. The Morgan fingerprint density at radius 3 is 2.74 bits per heavy atom. The first-order valence-electron chi connectivity index (χ1n) is 6.08. The molecule has 1 aromatic carbocycles. The van der Waals surface area contributed by atoms with E-state index in [1.165, 1.54) is 12.1 Å². The average molecular weight is 367 g/mol. The van der Waals surface area contributed by atoms with Gasteiger partial charge in [-0.3, -0.25) is 0 Å². The third-order valence-corrected chi connectivity index (χ3v) is 6.32. The van der Waals surface area contributed by atoms with Gasteiger partial charge < -0.3 is 4.74 Å². The average Bonchev–Trinajstić information content (AvgIpc) is 2.94. The van der Waals surface area contributed by atoms with Crippen LogP contribution in [0.3, 0.4) is 0 Å². The van der Waals surface area contributed by atoms with E-state index in [-0.39, 0.29) is 23.1 Å². The summed E-state index contributed by atoms with van der Waals surface area (Å²) in [7, 11) is -3.52. The zero-order chi connectivity index (χ0) is 13.6. The van der Waals surface area contributed by atoms with Crippen molar-refractivity contribution < 1.29 is 13.2 Å². The summed E-state index contributed by atoms with van der Waals surface area (Å²) in [6.07, 6.45) is 2.97. The maximum atomic E-state index is 12.3. The van der Waals surface area contributed by atoms with E-state index in [1.807, 2.05) is 0 Å². The summed E-state index contributed by atoms with van der Waals surface area (Å²) >= 11 is 9.11. The molecule has 2 saturated heterocycles. The van der Waals surface area contributed by atoms with Gasteiger partial charge in [0, 0.05) is 4.47 Å². The third kappa shape index (κ3) is 2.69. The monoisotopic (exact) mass is 365 g/mol. The van der Waals surface area contributed by atoms with Crippen LogP contribution in [0.15, 0.2) is 27.6 Å². The molecule has 0 saturated carbocycles. The third-order valence-electron chi connectivity index (χ3n) is 3.61. The van der Waals surface area contributed by atoms with Crippen LogP contribution in [0.4, 0.5) is 0 Å². The van der Waals surface area contributed by atoms with Crippen LogP contribution in [0, 0.1) is 0 Å². The van der Waals surface area contributed by atoms with Crippen LogP contribution >= 0.6 is 27.5 Å². The lowest BCUT2D eigenvalue weighted by Crippen LogP contribution is -2.41. The minimum Gasteiger partial charge on any atom is -0.373 e. The van der Waals surface area contributed by atoms with Crippen LogP contribution in [0.1, 0.15) is 19.3 Å². The van der Waals surface area contributed by atoms with Crippen LogP contribution in [-0.4, -0.2) is 26.7 Å². The molecule has 2 aliphatic rings. The van der Waals surface area contributed by atoms with Crippen molar-refractivity contribution in [3.05, 3.63) is 27.7 Å². The van der Waals surface area contributed by atoms with Gasteiger partial charge in [0.25, 0.3) is 0 Å². The Hall–Kier alpha value is -0.140. The molecule has 2 aliphatic heterocycles. The topological polar surface area (TPSA) is 55.4 Å². The van der Waals surface area contributed by atoms with Crippen LogP contribution in [0.5, 0.6) is 0 Å². The molecule has 0 spiro atoms. The second-order valence-electron chi connectivity index (χ2n) is 4.91. The largest absolute Gasteiger partial charge is 0.373 e. The molecule has 2 bridgehead atoms. The molecular formula is C12H13BrClNO3S. The standard InChI is InChI=1S/C12H13BrClNO3S/c13-9-6-8(2-3-10(9)14)19(16,17)15-11-5-7-1-4-12(11)18-7/h2-3,6-7,11-12,15H,1,4-5H2. The summed E-state index contributed by atoms with van der Waals surface area (Å²) in [5.74, 6) is 0. The minimum absolute atomic E-state index is 0.0236. The number of hydrogen-bond acceptors (Lipinski definition) is 3. The van der Waals surface area contributed by atoms with Gasteiger partial charge in [0.05, 0.1) is 28.2 Å². The maximum Gasteiger partial charge on any atom is 0.240 e. The predicted octanol–water partition coefficient (Wildman–Crippen LogP) is 2.70. The van der Waals surface area contributed by atoms with Gasteiger partial charge >= 0.3 is 0 Å². The van der Waals surface area contributed by atoms with E-state index in [4.69, 9.17) is 16.3 Å². The summed E-state index contributed by atoms with van der Waals surface area (Å²) in [5.41, 5.74) is 0. The van der Waals surface area contributed by atoms with E-state index in [9.17, 15) is 8.42 Å². The van der Waals surface area contributed by atoms with Gasteiger partial charge in [-0.25, -0.2) is 13.1 Å². The van der Waals surface area contributed by atoms with Crippen molar-refractivity contribution in [3.8, 4) is 0 Å². The molecule has 0 aromatic heterocycles. The first-order chi connectivity index (χ1) is 8.95. The fourth-order valence-electron chi connectivity index (χ4n) is 2.67. The highest BCUT2D eigenvalue weighted by molar-refractivity contribution is 9.10. The summed E-state index contributed by atoms with van der Waals surface area (Å²) in [6.45, 7) is 0. The van der Waals surface area contributed by atoms with Crippen molar-refractivity contribution in [2.24, 2.45) is 0 Å². The number of halogens is 2. The van der Waals surface area contributed by atoms with Crippen LogP contribution in [-0.2, 0) is 14.8 Å². The van der Waals surface area contributed by atoms with Crippen molar-refractivity contribution >= 4 is 37.6 Å². The number of ether oxygens (including phenoxy) is 1. The molecule has 1 aromatic rings. The number of sulfonamides is 1. The molecule has 3 atom stereocenters. The number of fused-ring (bicyclic) bond motifs is 2. The van der Waals surface area contributed by atoms with E-state index in [0.29, 0.717) is 9.50 Å². The lowest BCUT2D eigenvalue weighted by atomic mass is 9.96. The molecule has 7 heteroatoms. The van der Waals surface area contributed by atoms with Crippen LogP contribution < -0.4 is 4.72 Å². The number of rotatable bonds is 3. The molecule has 19 heavy (non-hydrogen) atoms. The first-order valence-corrected chi connectivity index (χ1v) is 8.74. The number of nitrogens with one attached hydrogen (secondary N) is 1. The Labute approximate surface area is 125 Å². The SMILES string of the molecule is O=S(=O)(NC1CC2CCC1O2)c1ccc(Cl)c(Br)c1. The summed E-state index contributed by atoms with van der Waals surface area (Å²) in [6, 6.07) is 4.47. The second kappa shape index (κ2) is 5.00. The Kier molecular flexibility index (Phi) is 3.64. The fourth-order valence-corrected chi connectivity index (χ4v) is 4.62. The van der Waals surface area contributed by atoms with Gasteiger partial charge in [0.2, 0.25) is 10.0 Å². The van der Waals surface area contributed by atoms with Gasteiger partial charge in [-0.15, -0.1) is 0 Å². The number of benzene rings is 1. The molecule has 2 heterocycles. The quantitative estimate of drug-likeness (QED) is 0.895. The molecule has 4 nitrogen and oxygen atoms in total. The van der Waals surface area contributed by atoms with Crippen LogP contribution in [0.2, 0.25) is 5.02 Å². The summed E-state index contributed by atoms with van der Waals surface area (Å²) < 4.78 is 33.6. The number of hydrogen-bond donors (Lipinski definition) is 1. The molecule has 3 unspecified atom stereocenters. The van der Waals surface area contributed by atoms with Gasteiger partial charge in [0.15, 0.2) is 0 Å². The Bertz CT molecular complexity index is 607. The molecule has 2 fully saturated rings. The highest BCUT2D eigenvalue weighted by Crippen LogP contribution is 2.35. The molecule has 0 amide bonds. The maximum absolute atomic E-state index is 12.3. The van der Waals surface area contributed by atoms with E-state index in [2.05, 4.69) is 20.7 Å². The van der Waals surface area contributed by atoms with E-state index in [1.54, 1.807) is 6.07 Å². The van der Waals surface area contributed by atoms with E-state index in [0.717, 1.165) is 19.3 Å².